The van der Waals surface area contributed by atoms with Gasteiger partial charge in [0.05, 0.1) is 40.5 Å². The molecule has 0 radical (unpaired) electrons. The van der Waals surface area contributed by atoms with Crippen LogP contribution in [0.15, 0.2) is 0 Å². The van der Waals surface area contributed by atoms with Gasteiger partial charge in [0.2, 0.25) is 0 Å². The fourth-order valence-corrected chi connectivity index (χ4v) is 2.26. The molecule has 0 aliphatic heterocycles. The summed E-state index contributed by atoms with van der Waals surface area (Å²) in [5.41, 5.74) is 0. The number of hydrogen-bond donors (Lipinski definition) is 1. The van der Waals surface area contributed by atoms with Crippen molar-refractivity contribution in [3.05, 3.63) is 0 Å². The summed E-state index contributed by atoms with van der Waals surface area (Å²) >= 11 is 0. The molecule has 0 spiro atoms. The highest BCUT2D eigenvalue weighted by atomic mass is 16.5. The Kier molecular flexibility index (Phi) is 12.8. The molecule has 0 aromatic rings. The molecule has 0 aliphatic rings. The summed E-state index contributed by atoms with van der Waals surface area (Å²) in [5, 5.41) is 8.64. The van der Waals surface area contributed by atoms with E-state index in [1.54, 1.807) is 0 Å². The van der Waals surface area contributed by atoms with Crippen LogP contribution in [0.1, 0.15) is 58.3 Å². The molecule has 0 saturated heterocycles. The molecule has 0 aromatic heterocycles. The Morgan fingerprint density at radius 1 is 0.789 bits per heavy atom. The Balaban J connectivity index is 3.32. The third-order valence-electron chi connectivity index (χ3n) is 3.69. The molecule has 3 nitrogen and oxygen atoms in total. The number of aliphatic hydroxyl groups excluding tert-OH is 1. The van der Waals surface area contributed by atoms with Crippen molar-refractivity contribution in [3.63, 3.8) is 0 Å². The van der Waals surface area contributed by atoms with Crippen molar-refractivity contribution in [1.82, 2.24) is 0 Å². The molecule has 19 heavy (non-hydrogen) atoms. The Morgan fingerprint density at radius 2 is 1.37 bits per heavy atom. The second-order valence-electron chi connectivity index (χ2n) is 6.19. The van der Waals surface area contributed by atoms with Gasteiger partial charge < -0.3 is 14.3 Å². The molecular weight excluding hydrogens is 238 g/mol. The van der Waals surface area contributed by atoms with Crippen LogP contribution in [0.5, 0.6) is 0 Å². The first kappa shape index (κ1) is 18.9. The molecule has 0 rings (SSSR count). The summed E-state index contributed by atoms with van der Waals surface area (Å²) in [4.78, 5) is 0. The van der Waals surface area contributed by atoms with Gasteiger partial charge in [0, 0.05) is 0 Å². The Labute approximate surface area is 120 Å². The fourth-order valence-electron chi connectivity index (χ4n) is 2.26. The van der Waals surface area contributed by atoms with Gasteiger partial charge in [0.15, 0.2) is 0 Å². The zero-order chi connectivity index (χ0) is 14.4. The molecule has 116 valence electrons. The zero-order valence-electron chi connectivity index (χ0n) is 13.5. The van der Waals surface area contributed by atoms with E-state index >= 15 is 0 Å². The highest BCUT2D eigenvalue weighted by molar-refractivity contribution is 4.46. The van der Waals surface area contributed by atoms with E-state index in [9.17, 15) is 0 Å². The summed E-state index contributed by atoms with van der Waals surface area (Å²) in [5.74, 6) is 0. The van der Waals surface area contributed by atoms with Crippen LogP contribution in [-0.2, 0) is 4.74 Å². The van der Waals surface area contributed by atoms with E-state index in [1.807, 2.05) is 0 Å². The maximum atomic E-state index is 8.64. The first-order valence-corrected chi connectivity index (χ1v) is 8.13. The summed E-state index contributed by atoms with van der Waals surface area (Å²) in [6.07, 6.45) is 11.1. The lowest BCUT2D eigenvalue weighted by Crippen LogP contribution is -2.43. The number of ether oxygens (including phenoxy) is 1. The topological polar surface area (TPSA) is 29.5 Å². The maximum absolute atomic E-state index is 8.64. The highest BCUT2D eigenvalue weighted by Gasteiger charge is 2.13. The van der Waals surface area contributed by atoms with Crippen LogP contribution in [-0.4, -0.2) is 56.6 Å². The molecule has 0 bridgehead atoms. The summed E-state index contributed by atoms with van der Waals surface area (Å²) < 4.78 is 6.36. The van der Waals surface area contributed by atoms with Gasteiger partial charge in [-0.1, -0.05) is 45.4 Å². The molecule has 3 heteroatoms. The molecule has 0 fully saturated rings. The van der Waals surface area contributed by atoms with E-state index in [4.69, 9.17) is 9.84 Å². The van der Waals surface area contributed by atoms with Gasteiger partial charge >= 0.3 is 0 Å². The third-order valence-corrected chi connectivity index (χ3v) is 3.69. The van der Waals surface area contributed by atoms with Crippen molar-refractivity contribution in [2.45, 2.75) is 58.3 Å². The van der Waals surface area contributed by atoms with Gasteiger partial charge in [0.25, 0.3) is 0 Å². The monoisotopic (exact) mass is 274 g/mol. The van der Waals surface area contributed by atoms with Crippen LogP contribution in [0.3, 0.4) is 0 Å². The van der Waals surface area contributed by atoms with Crippen molar-refractivity contribution in [3.8, 4) is 0 Å². The highest BCUT2D eigenvalue weighted by Crippen LogP contribution is 2.10. The number of likely N-dealkylation sites (N-methyl/N-ethyl adjacent to an activating group) is 1. The predicted octanol–water partition coefficient (Wildman–Crippen LogP) is 3.21. The van der Waals surface area contributed by atoms with Crippen LogP contribution < -0.4 is 0 Å². The van der Waals surface area contributed by atoms with E-state index in [0.29, 0.717) is 6.61 Å². The van der Waals surface area contributed by atoms with Crippen LogP contribution in [0.4, 0.5) is 0 Å². The van der Waals surface area contributed by atoms with Gasteiger partial charge in [-0.15, -0.1) is 0 Å². The Morgan fingerprint density at radius 3 is 1.95 bits per heavy atom. The minimum Gasteiger partial charge on any atom is -0.394 e. The summed E-state index contributed by atoms with van der Waals surface area (Å²) in [6, 6.07) is 0. The predicted molar refractivity (Wildman–Crippen MR) is 82.4 cm³/mol. The van der Waals surface area contributed by atoms with Crippen molar-refractivity contribution in [2.24, 2.45) is 0 Å². The number of unbranched alkanes of at least 4 members (excludes halogenated alkanes) is 7. The largest absolute Gasteiger partial charge is 0.394 e. The minimum atomic E-state index is 0.130. The number of rotatable bonds is 14. The number of nitrogens with zero attached hydrogens (tertiary/aromatic N) is 1. The normalized spacial score (nSPS) is 12.0. The lowest BCUT2D eigenvalue weighted by atomic mass is 10.1. The molecule has 0 unspecified atom stereocenters. The molecule has 0 amide bonds. The van der Waals surface area contributed by atoms with Gasteiger partial charge in [-0.2, -0.15) is 0 Å². The van der Waals surface area contributed by atoms with Crippen LogP contribution in [0.2, 0.25) is 0 Å². The average molecular weight is 274 g/mol. The number of quaternary nitrogens is 1. The SMILES string of the molecule is CCCCCCCCCC[N+](C)(C)CCOCCO. The lowest BCUT2D eigenvalue weighted by Gasteiger charge is -2.29. The number of aliphatic hydroxyl groups is 1. The molecule has 0 aliphatic carbocycles. The van der Waals surface area contributed by atoms with Crippen molar-refractivity contribution >= 4 is 0 Å². The van der Waals surface area contributed by atoms with Gasteiger partial charge in [0.1, 0.15) is 6.54 Å². The van der Waals surface area contributed by atoms with Crippen LogP contribution in [0, 0.1) is 0 Å². The third kappa shape index (κ3) is 14.1. The lowest BCUT2D eigenvalue weighted by molar-refractivity contribution is -0.891. The summed E-state index contributed by atoms with van der Waals surface area (Å²) in [6.45, 7) is 5.89. The van der Waals surface area contributed by atoms with Gasteiger partial charge in [-0.05, 0) is 12.8 Å². The molecule has 0 atom stereocenters. The first-order chi connectivity index (χ1) is 9.12. The van der Waals surface area contributed by atoms with E-state index in [0.717, 1.165) is 17.6 Å². The zero-order valence-corrected chi connectivity index (χ0v) is 13.5. The Bertz CT molecular complexity index is 184. The van der Waals surface area contributed by atoms with Crippen LogP contribution >= 0.6 is 0 Å². The van der Waals surface area contributed by atoms with Crippen LogP contribution in [0.25, 0.3) is 0 Å². The standard InChI is InChI=1S/C16H36NO2/c1-4-5-6-7-8-9-10-11-12-17(2,3)13-15-19-16-14-18/h18H,4-16H2,1-3H3/q+1. The van der Waals surface area contributed by atoms with Gasteiger partial charge in [-0.25, -0.2) is 0 Å². The molecule has 0 saturated carbocycles. The average Bonchev–Trinajstić information content (AvgIpc) is 2.38. The van der Waals surface area contributed by atoms with E-state index in [-0.39, 0.29) is 6.61 Å². The maximum Gasteiger partial charge on any atom is 0.102 e. The molecule has 0 aromatic carbocycles. The van der Waals surface area contributed by atoms with E-state index in [2.05, 4.69) is 21.0 Å². The summed E-state index contributed by atoms with van der Waals surface area (Å²) in [7, 11) is 4.53. The second-order valence-corrected chi connectivity index (χ2v) is 6.19. The number of hydrogen-bond acceptors (Lipinski definition) is 2. The first-order valence-electron chi connectivity index (χ1n) is 8.13. The molecule has 0 heterocycles. The molecular formula is C16H36NO2+. The molecule has 1 N–H and O–H groups in total. The van der Waals surface area contributed by atoms with Crippen molar-refractivity contribution in [1.29, 1.82) is 0 Å². The van der Waals surface area contributed by atoms with E-state index in [1.165, 1.54) is 57.9 Å². The van der Waals surface area contributed by atoms with Gasteiger partial charge in [-0.3, -0.25) is 0 Å². The fraction of sp³-hybridized carbons (Fsp3) is 1.00. The second kappa shape index (κ2) is 12.9. The van der Waals surface area contributed by atoms with E-state index < -0.39 is 0 Å². The minimum absolute atomic E-state index is 0.130. The smallest absolute Gasteiger partial charge is 0.102 e. The van der Waals surface area contributed by atoms with Crippen molar-refractivity contribution < 1.29 is 14.3 Å². The quantitative estimate of drug-likeness (QED) is 0.389. The van der Waals surface area contributed by atoms with Crippen molar-refractivity contribution in [2.75, 3.05) is 47.0 Å². The Hall–Kier alpha value is -0.120.